The van der Waals surface area contributed by atoms with E-state index in [1.165, 1.54) is 5.56 Å². The van der Waals surface area contributed by atoms with Crippen LogP contribution in [0.15, 0.2) is 35.2 Å². The van der Waals surface area contributed by atoms with Gasteiger partial charge >= 0.3 is 0 Å². The Kier molecular flexibility index (Phi) is 6.92. The summed E-state index contributed by atoms with van der Waals surface area (Å²) >= 11 is 0.840. The number of benzene rings is 2. The maximum Gasteiger partial charge on any atom is 0.294 e. The van der Waals surface area contributed by atoms with Gasteiger partial charge < -0.3 is 15.0 Å². The average Bonchev–Trinajstić information content (AvgIpc) is 3.06. The predicted molar refractivity (Wildman–Crippen MR) is 146 cm³/mol. The second-order valence-corrected chi connectivity index (χ2v) is 11.3. The maximum absolute atomic E-state index is 13.1. The Hall–Kier alpha value is -3.26. The first-order valence-electron chi connectivity index (χ1n) is 12.0. The van der Waals surface area contributed by atoms with Gasteiger partial charge in [0, 0.05) is 35.6 Å². The Balaban J connectivity index is 1.57. The van der Waals surface area contributed by atoms with Crippen molar-refractivity contribution in [2.45, 2.75) is 52.5 Å². The first kappa shape index (κ1) is 25.8. The molecule has 7 nitrogen and oxygen atoms in total. The number of amides is 3. The Bertz CT molecular complexity index is 1280. The van der Waals surface area contributed by atoms with Crippen molar-refractivity contribution >= 4 is 46.3 Å². The van der Waals surface area contributed by atoms with Crippen molar-refractivity contribution in [1.82, 2.24) is 4.90 Å². The van der Waals surface area contributed by atoms with Crippen LogP contribution in [0.5, 0.6) is 5.75 Å². The molecule has 2 aliphatic heterocycles. The summed E-state index contributed by atoms with van der Waals surface area (Å²) in [5.74, 6) is 0.0568. The fourth-order valence-electron chi connectivity index (χ4n) is 4.97. The number of imide groups is 1. The third-order valence-corrected chi connectivity index (χ3v) is 8.01. The van der Waals surface area contributed by atoms with Gasteiger partial charge in [-0.15, -0.1) is 0 Å². The molecule has 3 amide bonds. The van der Waals surface area contributed by atoms with Crippen LogP contribution in [0.2, 0.25) is 0 Å². The standard InChI is InChI=1S/C28H33N3O4S/c1-16-8-9-21(17(2)10-16)29-25(32)15-31-26(33)24(36-27(31)34)12-19-11-20-18(3)14-28(4,5)30(6)22(20)13-23(19)35-7/h8-13,18H,14-15H2,1-7H3,(H,29,32)/b24-12+. The maximum atomic E-state index is 13.1. The van der Waals surface area contributed by atoms with Crippen LogP contribution in [0.4, 0.5) is 16.2 Å². The average molecular weight is 508 g/mol. The number of hydrogen-bond acceptors (Lipinski definition) is 6. The molecule has 190 valence electrons. The minimum absolute atomic E-state index is 0.0132. The van der Waals surface area contributed by atoms with E-state index in [0.717, 1.165) is 45.5 Å². The van der Waals surface area contributed by atoms with Gasteiger partial charge in [-0.3, -0.25) is 19.3 Å². The molecular weight excluding hydrogens is 474 g/mol. The predicted octanol–water partition coefficient (Wildman–Crippen LogP) is 5.71. The summed E-state index contributed by atoms with van der Waals surface area (Å²) in [6.45, 7) is 10.2. The van der Waals surface area contributed by atoms with Gasteiger partial charge in [0.05, 0.1) is 12.0 Å². The van der Waals surface area contributed by atoms with Gasteiger partial charge in [0.25, 0.3) is 11.1 Å². The molecule has 0 aromatic heterocycles. The van der Waals surface area contributed by atoms with Crippen molar-refractivity contribution in [2.24, 2.45) is 0 Å². The number of rotatable bonds is 5. The van der Waals surface area contributed by atoms with Crippen LogP contribution in [0.1, 0.15) is 55.4 Å². The largest absolute Gasteiger partial charge is 0.496 e. The van der Waals surface area contributed by atoms with Gasteiger partial charge in [-0.2, -0.15) is 0 Å². The second-order valence-electron chi connectivity index (χ2n) is 10.3. The van der Waals surface area contributed by atoms with E-state index in [1.807, 2.05) is 44.2 Å². The van der Waals surface area contributed by atoms with Crippen molar-refractivity contribution < 1.29 is 19.1 Å². The molecule has 0 saturated carbocycles. The number of fused-ring (bicyclic) bond motifs is 1. The number of anilines is 2. The molecule has 36 heavy (non-hydrogen) atoms. The highest BCUT2D eigenvalue weighted by Crippen LogP contribution is 2.46. The Morgan fingerprint density at radius 3 is 2.61 bits per heavy atom. The molecule has 1 saturated heterocycles. The van der Waals surface area contributed by atoms with Crippen LogP contribution in [0, 0.1) is 13.8 Å². The highest BCUT2D eigenvalue weighted by atomic mass is 32.2. The lowest BCUT2D eigenvalue weighted by atomic mass is 9.80. The Morgan fingerprint density at radius 1 is 1.22 bits per heavy atom. The zero-order chi connectivity index (χ0) is 26.4. The molecular formula is C28H33N3O4S. The highest BCUT2D eigenvalue weighted by Gasteiger charge is 2.38. The fourth-order valence-corrected chi connectivity index (χ4v) is 5.79. The summed E-state index contributed by atoms with van der Waals surface area (Å²) < 4.78 is 5.66. The van der Waals surface area contributed by atoms with E-state index in [0.29, 0.717) is 17.4 Å². The van der Waals surface area contributed by atoms with Crippen molar-refractivity contribution in [3.63, 3.8) is 0 Å². The van der Waals surface area contributed by atoms with Crippen LogP contribution >= 0.6 is 11.8 Å². The first-order valence-corrected chi connectivity index (χ1v) is 12.8. The molecule has 1 N–H and O–H groups in total. The lowest BCUT2D eigenvalue weighted by molar-refractivity contribution is -0.127. The van der Waals surface area contributed by atoms with Crippen LogP contribution in [-0.2, 0) is 9.59 Å². The molecule has 1 unspecified atom stereocenters. The van der Waals surface area contributed by atoms with Gasteiger partial charge in [0.1, 0.15) is 12.3 Å². The van der Waals surface area contributed by atoms with E-state index < -0.39 is 17.1 Å². The minimum atomic E-state index is -0.480. The number of nitrogens with zero attached hydrogens (tertiary/aromatic N) is 2. The third-order valence-electron chi connectivity index (χ3n) is 7.10. The van der Waals surface area contributed by atoms with Crippen LogP contribution in [-0.4, -0.2) is 48.2 Å². The number of thioether (sulfide) groups is 1. The highest BCUT2D eigenvalue weighted by molar-refractivity contribution is 8.18. The molecule has 8 heteroatoms. The number of aryl methyl sites for hydroxylation is 2. The summed E-state index contributed by atoms with van der Waals surface area (Å²) in [4.78, 5) is 41.9. The summed E-state index contributed by atoms with van der Waals surface area (Å²) in [5, 5.41) is 2.34. The van der Waals surface area contributed by atoms with E-state index in [-0.39, 0.29) is 17.0 Å². The smallest absolute Gasteiger partial charge is 0.294 e. The van der Waals surface area contributed by atoms with Crippen molar-refractivity contribution in [3.8, 4) is 5.75 Å². The van der Waals surface area contributed by atoms with Crippen LogP contribution < -0.4 is 15.0 Å². The van der Waals surface area contributed by atoms with Crippen LogP contribution in [0.25, 0.3) is 6.08 Å². The molecule has 2 heterocycles. The molecule has 0 bridgehead atoms. The Labute approximate surface area is 216 Å². The topological polar surface area (TPSA) is 79.0 Å². The van der Waals surface area contributed by atoms with Crippen molar-refractivity contribution in [3.05, 3.63) is 57.5 Å². The molecule has 0 radical (unpaired) electrons. The van der Waals surface area contributed by atoms with Gasteiger partial charge in [-0.05, 0) is 81.1 Å². The first-order chi connectivity index (χ1) is 16.9. The zero-order valence-electron chi connectivity index (χ0n) is 21.9. The lowest BCUT2D eigenvalue weighted by Crippen LogP contribution is -2.45. The second kappa shape index (κ2) is 9.65. The van der Waals surface area contributed by atoms with Crippen LogP contribution in [0.3, 0.4) is 0 Å². The molecule has 2 aromatic rings. The summed E-state index contributed by atoms with van der Waals surface area (Å²) in [6, 6.07) is 9.73. The minimum Gasteiger partial charge on any atom is -0.496 e. The van der Waals surface area contributed by atoms with E-state index >= 15 is 0 Å². The Morgan fingerprint density at radius 2 is 1.94 bits per heavy atom. The summed E-state index contributed by atoms with van der Waals surface area (Å²) in [5.41, 5.74) is 5.69. The number of ether oxygens (including phenoxy) is 1. The third kappa shape index (κ3) is 4.87. The zero-order valence-corrected chi connectivity index (χ0v) is 22.7. The lowest BCUT2D eigenvalue weighted by Gasteiger charge is -2.45. The van der Waals surface area contributed by atoms with Crippen molar-refractivity contribution in [2.75, 3.05) is 30.9 Å². The molecule has 4 rings (SSSR count). The van der Waals surface area contributed by atoms with E-state index in [4.69, 9.17) is 4.74 Å². The quantitative estimate of drug-likeness (QED) is 0.523. The van der Waals surface area contributed by atoms with Gasteiger partial charge in [-0.25, -0.2) is 0 Å². The fraction of sp³-hybridized carbons (Fsp3) is 0.393. The van der Waals surface area contributed by atoms with Crippen molar-refractivity contribution in [1.29, 1.82) is 0 Å². The van der Waals surface area contributed by atoms with Gasteiger partial charge in [-0.1, -0.05) is 24.6 Å². The number of carbonyl (C=O) groups is 3. The molecule has 1 fully saturated rings. The van der Waals surface area contributed by atoms with E-state index in [1.54, 1.807) is 13.2 Å². The van der Waals surface area contributed by atoms with Gasteiger partial charge in [0.2, 0.25) is 5.91 Å². The van der Waals surface area contributed by atoms with E-state index in [9.17, 15) is 14.4 Å². The summed E-state index contributed by atoms with van der Waals surface area (Å²) in [7, 11) is 3.68. The number of hydrogen-bond donors (Lipinski definition) is 1. The van der Waals surface area contributed by atoms with Gasteiger partial charge in [0.15, 0.2) is 0 Å². The number of methoxy groups -OCH3 is 1. The molecule has 2 aliphatic rings. The molecule has 0 aliphatic carbocycles. The number of carbonyl (C=O) groups excluding carboxylic acids is 3. The SMILES string of the molecule is COc1cc2c(cc1/C=C1/SC(=O)N(CC(=O)Nc3ccc(C)cc3C)C1=O)C(C)CC(C)(C)N2C. The normalized spacial score (nSPS) is 20.1. The molecule has 1 atom stereocenters. The summed E-state index contributed by atoms with van der Waals surface area (Å²) in [6.07, 6.45) is 2.69. The molecule has 2 aromatic carbocycles. The molecule has 0 spiro atoms. The monoisotopic (exact) mass is 507 g/mol. The number of nitrogens with one attached hydrogen (secondary N) is 1. The van der Waals surface area contributed by atoms with E-state index in [2.05, 4.69) is 38.0 Å².